The van der Waals surface area contributed by atoms with Crippen LogP contribution in [0.15, 0.2) is 118 Å². The van der Waals surface area contributed by atoms with Crippen LogP contribution in [-0.2, 0) is 9.59 Å². The molecule has 0 spiro atoms. The maximum absolute atomic E-state index is 13.2. The van der Waals surface area contributed by atoms with E-state index in [1.165, 1.54) is 42.1 Å². The number of benzene rings is 4. The van der Waals surface area contributed by atoms with Gasteiger partial charge in [0.25, 0.3) is 17.5 Å². The molecule has 4 aromatic carbocycles. The fourth-order valence-electron chi connectivity index (χ4n) is 3.53. The van der Waals surface area contributed by atoms with Crippen molar-refractivity contribution in [3.05, 3.63) is 135 Å². The number of non-ortho nitro benzene ring substituents is 1. The van der Waals surface area contributed by atoms with Gasteiger partial charge in [0, 0.05) is 32.8 Å². The molecular formula is C30H23BrN4O5S. The number of amides is 3. The summed E-state index contributed by atoms with van der Waals surface area (Å²) in [7, 11) is 0. The van der Waals surface area contributed by atoms with Crippen LogP contribution in [0.2, 0.25) is 0 Å². The highest BCUT2D eigenvalue weighted by Crippen LogP contribution is 2.24. The lowest BCUT2D eigenvalue weighted by Crippen LogP contribution is -2.30. The summed E-state index contributed by atoms with van der Waals surface area (Å²) in [6.07, 6.45) is 1.44. The van der Waals surface area contributed by atoms with E-state index >= 15 is 0 Å². The Kier molecular flexibility index (Phi) is 10.0. The first-order valence-electron chi connectivity index (χ1n) is 12.2. The molecule has 41 heavy (non-hydrogen) atoms. The number of para-hydroxylation sites is 1. The van der Waals surface area contributed by atoms with E-state index in [9.17, 15) is 24.5 Å². The van der Waals surface area contributed by atoms with Gasteiger partial charge in [0.15, 0.2) is 0 Å². The van der Waals surface area contributed by atoms with E-state index in [0.717, 1.165) is 9.37 Å². The van der Waals surface area contributed by atoms with Crippen molar-refractivity contribution in [2.45, 2.75) is 4.90 Å². The molecule has 0 aliphatic heterocycles. The zero-order valence-corrected chi connectivity index (χ0v) is 23.8. The molecule has 9 nitrogen and oxygen atoms in total. The van der Waals surface area contributed by atoms with Gasteiger partial charge in [-0.3, -0.25) is 24.5 Å². The summed E-state index contributed by atoms with van der Waals surface area (Å²) in [6.45, 7) is 0. The quantitative estimate of drug-likeness (QED) is 0.0793. The molecule has 0 heterocycles. The molecule has 4 rings (SSSR count). The van der Waals surface area contributed by atoms with Crippen LogP contribution in [0.25, 0.3) is 6.08 Å². The number of nitro benzene ring substituents is 1. The van der Waals surface area contributed by atoms with E-state index in [0.29, 0.717) is 22.5 Å². The first-order valence-corrected chi connectivity index (χ1v) is 14.0. The molecule has 0 saturated heterocycles. The molecule has 0 unspecified atom stereocenters. The van der Waals surface area contributed by atoms with Crippen LogP contribution in [0, 0.1) is 10.1 Å². The highest BCUT2D eigenvalue weighted by molar-refractivity contribution is 9.10. The van der Waals surface area contributed by atoms with Crippen molar-refractivity contribution in [2.24, 2.45) is 0 Å². The van der Waals surface area contributed by atoms with Crippen molar-refractivity contribution in [1.29, 1.82) is 0 Å². The number of halogens is 1. The lowest BCUT2D eigenvalue weighted by molar-refractivity contribution is -0.384. The maximum atomic E-state index is 13.2. The van der Waals surface area contributed by atoms with Crippen LogP contribution < -0.4 is 16.0 Å². The number of anilines is 2. The average Bonchev–Trinajstić information content (AvgIpc) is 2.98. The molecular weight excluding hydrogens is 608 g/mol. The van der Waals surface area contributed by atoms with Crippen molar-refractivity contribution in [3.8, 4) is 0 Å². The van der Waals surface area contributed by atoms with Crippen molar-refractivity contribution in [1.82, 2.24) is 5.32 Å². The third kappa shape index (κ3) is 8.62. The third-order valence-corrected chi connectivity index (χ3v) is 7.28. The number of thioether (sulfide) groups is 1. The van der Waals surface area contributed by atoms with Gasteiger partial charge in [0.05, 0.1) is 16.4 Å². The van der Waals surface area contributed by atoms with E-state index in [1.54, 1.807) is 60.7 Å². The Morgan fingerprint density at radius 2 is 1.49 bits per heavy atom. The SMILES string of the molecule is O=C(CSc1ccc(NC(=O)/C(=C/c2ccc([N+](=O)[O-])cc2)NC(=O)c2ccccc2)cc1)Nc1ccccc1Br. The normalized spacial score (nSPS) is 10.9. The number of hydrogen-bond acceptors (Lipinski definition) is 6. The molecule has 0 radical (unpaired) electrons. The largest absolute Gasteiger partial charge is 0.324 e. The monoisotopic (exact) mass is 630 g/mol. The Bertz CT molecular complexity index is 1590. The summed E-state index contributed by atoms with van der Waals surface area (Å²) in [5, 5.41) is 19.2. The van der Waals surface area contributed by atoms with Gasteiger partial charge < -0.3 is 16.0 Å². The average molecular weight is 632 g/mol. The minimum atomic E-state index is -0.583. The number of carbonyl (C=O) groups excluding carboxylic acids is 3. The highest BCUT2D eigenvalue weighted by Gasteiger charge is 2.16. The van der Waals surface area contributed by atoms with E-state index in [-0.39, 0.29) is 23.0 Å². The van der Waals surface area contributed by atoms with Crippen LogP contribution in [0.5, 0.6) is 0 Å². The summed E-state index contributed by atoms with van der Waals surface area (Å²) >= 11 is 4.74. The van der Waals surface area contributed by atoms with Crippen LogP contribution in [0.3, 0.4) is 0 Å². The zero-order chi connectivity index (χ0) is 29.2. The molecule has 206 valence electrons. The molecule has 0 aromatic heterocycles. The highest BCUT2D eigenvalue weighted by atomic mass is 79.9. The summed E-state index contributed by atoms with van der Waals surface area (Å²) in [6, 6.07) is 28.3. The second-order valence-corrected chi connectivity index (χ2v) is 10.4. The maximum Gasteiger partial charge on any atom is 0.272 e. The Morgan fingerprint density at radius 1 is 0.829 bits per heavy atom. The van der Waals surface area contributed by atoms with Gasteiger partial charge in [-0.2, -0.15) is 0 Å². The molecule has 0 fully saturated rings. The molecule has 3 amide bonds. The fourth-order valence-corrected chi connectivity index (χ4v) is 4.61. The fraction of sp³-hybridized carbons (Fsp3) is 0.0333. The smallest absolute Gasteiger partial charge is 0.272 e. The molecule has 3 N–H and O–H groups in total. The van der Waals surface area contributed by atoms with Gasteiger partial charge >= 0.3 is 0 Å². The second-order valence-electron chi connectivity index (χ2n) is 8.52. The van der Waals surface area contributed by atoms with Crippen molar-refractivity contribution in [3.63, 3.8) is 0 Å². The van der Waals surface area contributed by atoms with Crippen LogP contribution in [-0.4, -0.2) is 28.4 Å². The van der Waals surface area contributed by atoms with Gasteiger partial charge in [0.1, 0.15) is 5.70 Å². The predicted molar refractivity (Wildman–Crippen MR) is 164 cm³/mol. The van der Waals surface area contributed by atoms with E-state index < -0.39 is 16.7 Å². The lowest BCUT2D eigenvalue weighted by Gasteiger charge is -2.12. The van der Waals surface area contributed by atoms with Crippen molar-refractivity contribution in [2.75, 3.05) is 16.4 Å². The van der Waals surface area contributed by atoms with E-state index in [4.69, 9.17) is 0 Å². The van der Waals surface area contributed by atoms with Crippen LogP contribution in [0.1, 0.15) is 15.9 Å². The summed E-state index contributed by atoms with van der Waals surface area (Å²) in [4.78, 5) is 49.6. The number of nitro groups is 1. The molecule has 4 aromatic rings. The molecule has 11 heteroatoms. The molecule has 0 atom stereocenters. The van der Waals surface area contributed by atoms with E-state index in [2.05, 4.69) is 31.9 Å². The van der Waals surface area contributed by atoms with Gasteiger partial charge in [-0.1, -0.05) is 30.3 Å². The first-order chi connectivity index (χ1) is 19.8. The Labute approximate surface area is 248 Å². The topological polar surface area (TPSA) is 130 Å². The van der Waals surface area contributed by atoms with Gasteiger partial charge in [-0.25, -0.2) is 0 Å². The minimum absolute atomic E-state index is 0.0464. The number of carbonyl (C=O) groups is 3. The predicted octanol–water partition coefficient (Wildman–Crippen LogP) is 6.50. The van der Waals surface area contributed by atoms with Crippen molar-refractivity contribution >= 4 is 68.6 Å². The van der Waals surface area contributed by atoms with Gasteiger partial charge in [-0.15, -0.1) is 11.8 Å². The van der Waals surface area contributed by atoms with Gasteiger partial charge in [0.2, 0.25) is 5.91 Å². The molecule has 0 bridgehead atoms. The number of rotatable bonds is 10. The molecule has 0 aliphatic rings. The summed E-state index contributed by atoms with van der Waals surface area (Å²) in [5.74, 6) is -1.03. The Balaban J connectivity index is 1.43. The molecule has 0 saturated carbocycles. The molecule has 0 aliphatic carbocycles. The van der Waals surface area contributed by atoms with Crippen molar-refractivity contribution < 1.29 is 19.3 Å². The summed E-state index contributed by atoms with van der Waals surface area (Å²) in [5.41, 5.74) is 1.87. The van der Waals surface area contributed by atoms with Crippen LogP contribution >= 0.6 is 27.7 Å². The lowest BCUT2D eigenvalue weighted by atomic mass is 10.1. The Morgan fingerprint density at radius 3 is 2.15 bits per heavy atom. The summed E-state index contributed by atoms with van der Waals surface area (Å²) < 4.78 is 0.792. The minimum Gasteiger partial charge on any atom is -0.324 e. The zero-order valence-electron chi connectivity index (χ0n) is 21.4. The first kappa shape index (κ1) is 29.2. The number of nitrogens with zero attached hydrogens (tertiary/aromatic N) is 1. The van der Waals surface area contributed by atoms with E-state index in [1.807, 2.05) is 18.2 Å². The number of nitrogens with one attached hydrogen (secondary N) is 3. The second kappa shape index (κ2) is 14.1. The standard InChI is InChI=1S/C30H23BrN4O5S/c31-25-8-4-5-9-26(25)33-28(36)19-41-24-16-12-22(13-17-24)32-30(38)27(34-29(37)21-6-2-1-3-7-21)18-20-10-14-23(15-11-20)35(39)40/h1-18H,19H2,(H,32,38)(H,33,36)(H,34,37)/b27-18-. The Hall–Kier alpha value is -4.74. The third-order valence-electron chi connectivity index (χ3n) is 5.57. The van der Waals surface area contributed by atoms with Gasteiger partial charge in [-0.05, 0) is 88.2 Å². The number of hydrogen-bond donors (Lipinski definition) is 3. The van der Waals surface area contributed by atoms with Crippen LogP contribution in [0.4, 0.5) is 17.1 Å².